The highest BCUT2D eigenvalue weighted by atomic mass is 16.5. The van der Waals surface area contributed by atoms with Gasteiger partial charge in [0.15, 0.2) is 0 Å². The Hall–Kier alpha value is -0.910. The molecule has 1 rings (SSSR count). The van der Waals surface area contributed by atoms with E-state index in [0.29, 0.717) is 6.61 Å². The van der Waals surface area contributed by atoms with Crippen LogP contribution in [0.5, 0.6) is 0 Å². The molecular weight excluding hydrogens is 206 g/mol. The SMILES string of the molecule is CCOCCn1ccc(CNCCOC)n1. The highest BCUT2D eigenvalue weighted by Crippen LogP contribution is 1.95. The standard InChI is InChI=1S/C11H21N3O2/c1-3-16-9-7-14-6-4-11(13-14)10-12-5-8-15-2/h4,6,12H,3,5,7-10H2,1-2H3. The fraction of sp³-hybridized carbons (Fsp3) is 0.727. The monoisotopic (exact) mass is 227 g/mol. The van der Waals surface area contributed by atoms with E-state index in [2.05, 4.69) is 10.4 Å². The van der Waals surface area contributed by atoms with Crippen molar-refractivity contribution in [2.75, 3.05) is 33.5 Å². The van der Waals surface area contributed by atoms with E-state index in [0.717, 1.165) is 38.5 Å². The van der Waals surface area contributed by atoms with Gasteiger partial charge in [-0.3, -0.25) is 4.68 Å². The molecule has 0 aliphatic heterocycles. The lowest BCUT2D eigenvalue weighted by Crippen LogP contribution is -2.19. The molecule has 0 saturated carbocycles. The predicted molar refractivity (Wildman–Crippen MR) is 62.3 cm³/mol. The minimum Gasteiger partial charge on any atom is -0.383 e. The molecule has 0 amide bonds. The molecule has 1 heterocycles. The topological polar surface area (TPSA) is 48.3 Å². The average molecular weight is 227 g/mol. The lowest BCUT2D eigenvalue weighted by molar-refractivity contribution is 0.136. The zero-order chi connectivity index (χ0) is 11.6. The largest absolute Gasteiger partial charge is 0.383 e. The van der Waals surface area contributed by atoms with Crippen LogP contribution in [0.25, 0.3) is 0 Å². The number of ether oxygens (including phenoxy) is 2. The van der Waals surface area contributed by atoms with E-state index in [1.54, 1.807) is 7.11 Å². The summed E-state index contributed by atoms with van der Waals surface area (Å²) >= 11 is 0. The zero-order valence-corrected chi connectivity index (χ0v) is 10.1. The Morgan fingerprint density at radius 1 is 1.44 bits per heavy atom. The second-order valence-corrected chi connectivity index (χ2v) is 3.44. The third-order valence-corrected chi connectivity index (χ3v) is 2.15. The van der Waals surface area contributed by atoms with Crippen LogP contribution in [0.1, 0.15) is 12.6 Å². The first-order chi connectivity index (χ1) is 7.86. The van der Waals surface area contributed by atoms with E-state index in [9.17, 15) is 0 Å². The Morgan fingerprint density at radius 3 is 3.06 bits per heavy atom. The Kier molecular flexibility index (Phi) is 6.80. The number of nitrogens with one attached hydrogen (secondary N) is 1. The maximum atomic E-state index is 5.27. The number of hydrogen-bond donors (Lipinski definition) is 1. The van der Waals surface area contributed by atoms with E-state index in [1.165, 1.54) is 0 Å². The van der Waals surface area contributed by atoms with E-state index >= 15 is 0 Å². The fourth-order valence-electron chi connectivity index (χ4n) is 1.32. The van der Waals surface area contributed by atoms with E-state index < -0.39 is 0 Å². The second kappa shape index (κ2) is 8.27. The van der Waals surface area contributed by atoms with E-state index in [-0.39, 0.29) is 0 Å². The first-order valence-electron chi connectivity index (χ1n) is 5.66. The molecule has 0 bridgehead atoms. The van der Waals surface area contributed by atoms with E-state index in [4.69, 9.17) is 9.47 Å². The Morgan fingerprint density at radius 2 is 2.31 bits per heavy atom. The first kappa shape index (κ1) is 13.2. The zero-order valence-electron chi connectivity index (χ0n) is 10.1. The van der Waals surface area contributed by atoms with Gasteiger partial charge in [-0.05, 0) is 13.0 Å². The summed E-state index contributed by atoms with van der Waals surface area (Å²) < 4.78 is 12.1. The molecule has 0 radical (unpaired) electrons. The summed E-state index contributed by atoms with van der Waals surface area (Å²) in [7, 11) is 1.70. The summed E-state index contributed by atoms with van der Waals surface area (Å²) in [6.07, 6.45) is 1.98. The predicted octanol–water partition coefficient (Wildman–Crippen LogP) is 0.656. The van der Waals surface area contributed by atoms with Crippen molar-refractivity contribution < 1.29 is 9.47 Å². The maximum Gasteiger partial charge on any atom is 0.0762 e. The van der Waals surface area contributed by atoms with Crippen molar-refractivity contribution in [3.8, 4) is 0 Å². The molecular formula is C11H21N3O2. The third-order valence-electron chi connectivity index (χ3n) is 2.15. The molecule has 5 heteroatoms. The number of nitrogens with zero attached hydrogens (tertiary/aromatic N) is 2. The molecule has 16 heavy (non-hydrogen) atoms. The third kappa shape index (κ3) is 5.25. The van der Waals surface area contributed by atoms with Gasteiger partial charge in [0.05, 0.1) is 25.5 Å². The number of methoxy groups -OCH3 is 1. The van der Waals surface area contributed by atoms with Crippen LogP contribution in [0.15, 0.2) is 12.3 Å². The van der Waals surface area contributed by atoms with Crippen molar-refractivity contribution in [2.24, 2.45) is 0 Å². The molecule has 0 aliphatic carbocycles. The van der Waals surface area contributed by atoms with Crippen molar-refractivity contribution in [3.63, 3.8) is 0 Å². The van der Waals surface area contributed by atoms with Crippen LogP contribution >= 0.6 is 0 Å². The van der Waals surface area contributed by atoms with Crippen molar-refractivity contribution in [1.82, 2.24) is 15.1 Å². The summed E-state index contributed by atoms with van der Waals surface area (Å²) in [4.78, 5) is 0. The highest BCUT2D eigenvalue weighted by Gasteiger charge is 1.98. The van der Waals surface area contributed by atoms with Gasteiger partial charge in [-0.1, -0.05) is 0 Å². The molecule has 0 fully saturated rings. The van der Waals surface area contributed by atoms with Gasteiger partial charge < -0.3 is 14.8 Å². The van der Waals surface area contributed by atoms with Gasteiger partial charge in [0.2, 0.25) is 0 Å². The van der Waals surface area contributed by atoms with Gasteiger partial charge >= 0.3 is 0 Å². The summed E-state index contributed by atoms with van der Waals surface area (Å²) in [6, 6.07) is 2.02. The number of aromatic nitrogens is 2. The summed E-state index contributed by atoms with van der Waals surface area (Å²) in [5.74, 6) is 0. The second-order valence-electron chi connectivity index (χ2n) is 3.44. The van der Waals surface area contributed by atoms with Crippen LogP contribution in [0, 0.1) is 0 Å². The van der Waals surface area contributed by atoms with Crippen molar-refractivity contribution in [1.29, 1.82) is 0 Å². The summed E-state index contributed by atoms with van der Waals surface area (Å²) in [5, 5.41) is 7.66. The Bertz CT molecular complexity index is 276. The molecule has 1 N–H and O–H groups in total. The van der Waals surface area contributed by atoms with Gasteiger partial charge in [-0.15, -0.1) is 0 Å². The molecule has 5 nitrogen and oxygen atoms in total. The van der Waals surface area contributed by atoms with Crippen LogP contribution < -0.4 is 5.32 Å². The van der Waals surface area contributed by atoms with Crippen LogP contribution in [0.2, 0.25) is 0 Å². The average Bonchev–Trinajstić information content (AvgIpc) is 2.73. The van der Waals surface area contributed by atoms with Crippen LogP contribution in [0.3, 0.4) is 0 Å². The molecule has 0 aromatic carbocycles. The highest BCUT2D eigenvalue weighted by molar-refractivity contribution is 4.98. The molecule has 0 unspecified atom stereocenters. The molecule has 92 valence electrons. The Balaban J connectivity index is 2.17. The molecule has 1 aromatic rings. The molecule has 0 aliphatic rings. The van der Waals surface area contributed by atoms with Crippen molar-refractivity contribution >= 4 is 0 Å². The fourth-order valence-corrected chi connectivity index (χ4v) is 1.32. The smallest absolute Gasteiger partial charge is 0.0762 e. The molecule has 0 spiro atoms. The van der Waals surface area contributed by atoms with Gasteiger partial charge in [0, 0.05) is 33.0 Å². The number of rotatable bonds is 9. The van der Waals surface area contributed by atoms with Gasteiger partial charge in [0.1, 0.15) is 0 Å². The van der Waals surface area contributed by atoms with Crippen molar-refractivity contribution in [3.05, 3.63) is 18.0 Å². The van der Waals surface area contributed by atoms with Crippen LogP contribution in [0.4, 0.5) is 0 Å². The molecule has 0 saturated heterocycles. The van der Waals surface area contributed by atoms with Gasteiger partial charge in [-0.25, -0.2) is 0 Å². The lowest BCUT2D eigenvalue weighted by atomic mass is 10.4. The van der Waals surface area contributed by atoms with Crippen molar-refractivity contribution in [2.45, 2.75) is 20.0 Å². The van der Waals surface area contributed by atoms with E-state index in [1.807, 2.05) is 23.9 Å². The number of hydrogen-bond acceptors (Lipinski definition) is 4. The minimum absolute atomic E-state index is 0.717. The molecule has 0 atom stereocenters. The minimum atomic E-state index is 0.717. The summed E-state index contributed by atoms with van der Waals surface area (Å²) in [6.45, 7) is 6.64. The normalized spacial score (nSPS) is 10.9. The maximum absolute atomic E-state index is 5.27. The van der Waals surface area contributed by atoms with Gasteiger partial charge in [-0.2, -0.15) is 5.10 Å². The summed E-state index contributed by atoms with van der Waals surface area (Å²) in [5.41, 5.74) is 1.05. The van der Waals surface area contributed by atoms with Crippen LogP contribution in [-0.4, -0.2) is 43.3 Å². The molecule has 1 aromatic heterocycles. The lowest BCUT2D eigenvalue weighted by Gasteiger charge is -2.02. The van der Waals surface area contributed by atoms with Gasteiger partial charge in [0.25, 0.3) is 0 Å². The van der Waals surface area contributed by atoms with Crippen LogP contribution in [-0.2, 0) is 22.6 Å². The first-order valence-corrected chi connectivity index (χ1v) is 5.66. The quantitative estimate of drug-likeness (QED) is 0.629. The Labute approximate surface area is 96.7 Å².